The second kappa shape index (κ2) is 9.75. The van der Waals surface area contributed by atoms with Crippen molar-refractivity contribution in [1.29, 1.82) is 0 Å². The summed E-state index contributed by atoms with van der Waals surface area (Å²) < 4.78 is 21.7. The zero-order valence-electron chi connectivity index (χ0n) is 19.0. The average molecular weight is 479 g/mol. The van der Waals surface area contributed by atoms with Gasteiger partial charge in [-0.3, -0.25) is 23.4 Å². The molecule has 0 saturated heterocycles. The van der Waals surface area contributed by atoms with Gasteiger partial charge in [0, 0.05) is 18.9 Å². The maximum Gasteiger partial charge on any atom is 0.338 e. The number of fused-ring (bicyclic) bond motifs is 1. The number of benzene rings is 2. The van der Waals surface area contributed by atoms with E-state index in [1.54, 1.807) is 26.1 Å². The van der Waals surface area contributed by atoms with Gasteiger partial charge in [0.1, 0.15) is 12.4 Å². The first-order chi connectivity index (χ1) is 16.8. The van der Waals surface area contributed by atoms with Gasteiger partial charge in [-0.15, -0.1) is 0 Å². The highest BCUT2D eigenvalue weighted by molar-refractivity contribution is 5.93. The molecule has 0 aliphatic heterocycles. The second-order valence-electron chi connectivity index (χ2n) is 7.77. The fourth-order valence-electron chi connectivity index (χ4n) is 3.60. The summed E-state index contributed by atoms with van der Waals surface area (Å²) in [7, 11) is 1.60. The van der Waals surface area contributed by atoms with Crippen LogP contribution in [0, 0.1) is 5.82 Å². The van der Waals surface area contributed by atoms with Gasteiger partial charge in [-0.05, 0) is 48.9 Å². The van der Waals surface area contributed by atoms with E-state index < -0.39 is 28.9 Å². The van der Waals surface area contributed by atoms with E-state index in [0.29, 0.717) is 16.8 Å². The topological polar surface area (TPSA) is 117 Å². The van der Waals surface area contributed by atoms with E-state index in [1.165, 1.54) is 47.3 Å². The minimum absolute atomic E-state index is 0.0285. The minimum atomic E-state index is -0.701. The number of carbonyl (C=O) groups excluding carboxylic acids is 2. The van der Waals surface area contributed by atoms with E-state index in [0.717, 1.165) is 9.13 Å². The molecule has 4 aromatic rings. The van der Waals surface area contributed by atoms with Crippen molar-refractivity contribution in [3.63, 3.8) is 0 Å². The molecule has 0 fully saturated rings. The summed E-state index contributed by atoms with van der Waals surface area (Å²) in [5.74, 6) is -1.43. The largest absolute Gasteiger partial charge is 0.462 e. The van der Waals surface area contributed by atoms with Crippen molar-refractivity contribution in [3.8, 4) is 0 Å². The molecule has 0 unspecified atom stereocenters. The summed E-state index contributed by atoms with van der Waals surface area (Å²) in [5, 5.41) is 6.82. The number of carbonyl (C=O) groups is 2. The number of aromatic nitrogens is 4. The Morgan fingerprint density at radius 2 is 1.71 bits per heavy atom. The number of aryl methyl sites for hydroxylation is 1. The third kappa shape index (κ3) is 5.03. The molecule has 2 aromatic heterocycles. The number of amides is 1. The van der Waals surface area contributed by atoms with Crippen LogP contribution in [0.15, 0.2) is 64.3 Å². The Balaban J connectivity index is 1.63. The number of hydrogen-bond acceptors (Lipinski definition) is 6. The molecule has 0 atom stereocenters. The minimum Gasteiger partial charge on any atom is -0.462 e. The van der Waals surface area contributed by atoms with Crippen LogP contribution in [0.2, 0.25) is 0 Å². The number of nitrogens with zero attached hydrogens (tertiary/aromatic N) is 4. The quantitative estimate of drug-likeness (QED) is 0.405. The lowest BCUT2D eigenvalue weighted by molar-refractivity contribution is -0.116. The number of esters is 1. The van der Waals surface area contributed by atoms with Gasteiger partial charge in [0.25, 0.3) is 5.56 Å². The smallest absolute Gasteiger partial charge is 0.338 e. The lowest BCUT2D eigenvalue weighted by atomic mass is 10.2. The van der Waals surface area contributed by atoms with Crippen LogP contribution in [0.1, 0.15) is 22.8 Å². The zero-order valence-corrected chi connectivity index (χ0v) is 19.0. The summed E-state index contributed by atoms with van der Waals surface area (Å²) in [5.41, 5.74) is 0.225. The average Bonchev–Trinajstić information content (AvgIpc) is 3.23. The maximum atomic E-state index is 13.3. The van der Waals surface area contributed by atoms with Crippen LogP contribution in [-0.2, 0) is 29.7 Å². The molecule has 0 saturated carbocycles. The maximum absolute atomic E-state index is 13.3. The number of anilines is 1. The highest BCUT2D eigenvalue weighted by atomic mass is 19.1. The fourth-order valence-corrected chi connectivity index (χ4v) is 3.60. The van der Waals surface area contributed by atoms with Crippen LogP contribution >= 0.6 is 0 Å². The molecule has 4 rings (SSSR count). The molecular weight excluding hydrogens is 457 g/mol. The van der Waals surface area contributed by atoms with Crippen LogP contribution in [0.3, 0.4) is 0 Å². The first-order valence-corrected chi connectivity index (χ1v) is 10.7. The third-order valence-electron chi connectivity index (χ3n) is 5.25. The molecule has 1 amide bonds. The van der Waals surface area contributed by atoms with Crippen LogP contribution in [-0.4, -0.2) is 37.4 Å². The Morgan fingerprint density at radius 3 is 2.37 bits per heavy atom. The van der Waals surface area contributed by atoms with Crippen LogP contribution in [0.5, 0.6) is 0 Å². The molecule has 10 nitrogen and oxygen atoms in total. The first kappa shape index (κ1) is 23.6. The molecule has 0 bridgehead atoms. The van der Waals surface area contributed by atoms with Gasteiger partial charge >= 0.3 is 11.7 Å². The van der Waals surface area contributed by atoms with Gasteiger partial charge in [0.2, 0.25) is 5.91 Å². The fraction of sp³-hybridized carbons (Fsp3) is 0.208. The van der Waals surface area contributed by atoms with Crippen molar-refractivity contribution in [2.45, 2.75) is 20.0 Å². The number of halogens is 1. The molecule has 0 radical (unpaired) electrons. The molecule has 0 spiro atoms. The van der Waals surface area contributed by atoms with Crippen molar-refractivity contribution in [1.82, 2.24) is 18.9 Å². The summed E-state index contributed by atoms with van der Waals surface area (Å²) in [6.45, 7) is 1.46. The van der Waals surface area contributed by atoms with E-state index in [9.17, 15) is 23.6 Å². The number of ether oxygens (including phenoxy) is 1. The highest BCUT2D eigenvalue weighted by Crippen LogP contribution is 2.12. The zero-order chi connectivity index (χ0) is 25.1. The van der Waals surface area contributed by atoms with E-state index in [1.807, 2.05) is 0 Å². The van der Waals surface area contributed by atoms with Gasteiger partial charge < -0.3 is 10.1 Å². The van der Waals surface area contributed by atoms with Gasteiger partial charge in [-0.25, -0.2) is 14.0 Å². The van der Waals surface area contributed by atoms with Gasteiger partial charge in [-0.2, -0.15) is 5.10 Å². The van der Waals surface area contributed by atoms with Crippen LogP contribution < -0.4 is 16.6 Å². The molecule has 0 aliphatic rings. The van der Waals surface area contributed by atoms with E-state index in [-0.39, 0.29) is 30.7 Å². The first-order valence-electron chi connectivity index (χ1n) is 10.7. The SMILES string of the molecule is CCOC(=O)c1ccc(NC(=O)Cn2c(=O)n(Cc3ccc(F)cc3)c(=O)c3nn(C)cc32)cc1. The van der Waals surface area contributed by atoms with E-state index in [2.05, 4.69) is 10.4 Å². The lowest BCUT2D eigenvalue weighted by Gasteiger charge is -2.12. The highest BCUT2D eigenvalue weighted by Gasteiger charge is 2.18. The number of rotatable bonds is 7. The number of nitrogens with one attached hydrogen (secondary N) is 1. The van der Waals surface area contributed by atoms with E-state index in [4.69, 9.17) is 4.74 Å². The van der Waals surface area contributed by atoms with Crippen LogP contribution in [0.4, 0.5) is 10.1 Å². The summed E-state index contributed by atoms with van der Waals surface area (Å²) in [6.07, 6.45) is 1.49. The van der Waals surface area contributed by atoms with Crippen molar-refractivity contribution >= 4 is 28.6 Å². The van der Waals surface area contributed by atoms with Crippen molar-refractivity contribution in [3.05, 3.63) is 92.5 Å². The van der Waals surface area contributed by atoms with Crippen molar-refractivity contribution in [2.24, 2.45) is 7.05 Å². The summed E-state index contributed by atoms with van der Waals surface area (Å²) in [6, 6.07) is 11.5. The Morgan fingerprint density at radius 1 is 1.03 bits per heavy atom. The van der Waals surface area contributed by atoms with Gasteiger partial charge in [0.05, 0.1) is 24.2 Å². The molecular formula is C24H22FN5O5. The van der Waals surface area contributed by atoms with Gasteiger partial charge in [0.15, 0.2) is 5.52 Å². The Bertz CT molecular complexity index is 1520. The Kier molecular flexibility index (Phi) is 6.58. The molecule has 35 heavy (non-hydrogen) atoms. The normalized spacial score (nSPS) is 10.9. The molecule has 180 valence electrons. The monoisotopic (exact) mass is 479 g/mol. The molecule has 1 N–H and O–H groups in total. The second-order valence-corrected chi connectivity index (χ2v) is 7.77. The Labute approximate surface area is 198 Å². The summed E-state index contributed by atoms with van der Waals surface area (Å²) >= 11 is 0. The predicted molar refractivity (Wildman–Crippen MR) is 126 cm³/mol. The summed E-state index contributed by atoms with van der Waals surface area (Å²) in [4.78, 5) is 50.8. The molecule has 2 aromatic carbocycles. The predicted octanol–water partition coefficient (Wildman–Crippen LogP) is 1.90. The molecule has 11 heteroatoms. The standard InChI is InChI=1S/C24H22FN5O5/c1-3-35-23(33)16-6-10-18(11-7-16)26-20(31)14-29-19-13-28(2)27-21(19)22(32)30(24(29)34)12-15-4-8-17(25)9-5-15/h4-11,13H,3,12,14H2,1-2H3,(H,26,31). The number of hydrogen-bond donors (Lipinski definition) is 1. The van der Waals surface area contributed by atoms with Gasteiger partial charge in [-0.1, -0.05) is 12.1 Å². The van der Waals surface area contributed by atoms with Crippen molar-refractivity contribution in [2.75, 3.05) is 11.9 Å². The molecule has 0 aliphatic carbocycles. The Hall–Kier alpha value is -4.54. The van der Waals surface area contributed by atoms with Crippen molar-refractivity contribution < 1.29 is 18.7 Å². The molecule has 2 heterocycles. The van der Waals surface area contributed by atoms with Crippen LogP contribution in [0.25, 0.3) is 11.0 Å². The third-order valence-corrected chi connectivity index (χ3v) is 5.25. The van der Waals surface area contributed by atoms with E-state index >= 15 is 0 Å². The lowest BCUT2D eigenvalue weighted by Crippen LogP contribution is -2.41.